The Morgan fingerprint density at radius 3 is 2.94 bits per heavy atom. The van der Waals surface area contributed by atoms with E-state index >= 15 is 0 Å². The van der Waals surface area contributed by atoms with Gasteiger partial charge in [0.25, 0.3) is 0 Å². The summed E-state index contributed by atoms with van der Waals surface area (Å²) in [6, 6.07) is 3.25. The van der Waals surface area contributed by atoms with Gasteiger partial charge in [0.2, 0.25) is 5.82 Å². The van der Waals surface area contributed by atoms with Crippen LogP contribution in [0.15, 0.2) is 12.3 Å². The lowest BCUT2D eigenvalue weighted by atomic mass is 10.1. The van der Waals surface area contributed by atoms with Crippen molar-refractivity contribution in [2.24, 2.45) is 0 Å². The fourth-order valence-corrected chi connectivity index (χ4v) is 1.65. The molecule has 0 saturated heterocycles. The number of anilines is 1. The fourth-order valence-electron chi connectivity index (χ4n) is 1.65. The zero-order valence-electron chi connectivity index (χ0n) is 10.5. The molecular weight excluding hydrogens is 232 g/mol. The normalized spacial score (nSPS) is 11.6. The lowest BCUT2D eigenvalue weighted by molar-refractivity contribution is -0.384. The third-order valence-corrected chi connectivity index (χ3v) is 2.60. The molecule has 0 spiro atoms. The van der Waals surface area contributed by atoms with Crippen LogP contribution >= 0.6 is 0 Å². The third kappa shape index (κ3) is 3.42. The summed E-state index contributed by atoms with van der Waals surface area (Å²) in [6.45, 7) is 4.03. The number of nitrogens with zero attached hydrogens (tertiary/aromatic N) is 3. The highest BCUT2D eigenvalue weighted by Gasteiger charge is 2.21. The molecule has 0 aromatic carbocycles. The SMILES string of the molecule is CCCCC(C)Nc1nccc(C#N)c1[N+](=O)[O-]. The van der Waals surface area contributed by atoms with E-state index in [0.29, 0.717) is 0 Å². The Morgan fingerprint density at radius 2 is 2.39 bits per heavy atom. The zero-order chi connectivity index (χ0) is 13.5. The zero-order valence-corrected chi connectivity index (χ0v) is 10.5. The van der Waals surface area contributed by atoms with Crippen molar-refractivity contribution in [1.82, 2.24) is 4.98 Å². The highest BCUT2D eigenvalue weighted by molar-refractivity contribution is 5.64. The molecule has 1 rings (SSSR count). The molecule has 0 aliphatic heterocycles. The molecule has 96 valence electrons. The lowest BCUT2D eigenvalue weighted by Crippen LogP contribution is -2.17. The Hall–Kier alpha value is -2.16. The molecule has 6 heteroatoms. The van der Waals surface area contributed by atoms with E-state index in [1.807, 2.05) is 13.0 Å². The van der Waals surface area contributed by atoms with Crippen LogP contribution in [0.25, 0.3) is 0 Å². The number of nitriles is 1. The Kier molecular flexibility index (Phi) is 5.06. The summed E-state index contributed by atoms with van der Waals surface area (Å²) in [5, 5.41) is 22.8. The minimum atomic E-state index is -0.569. The van der Waals surface area contributed by atoms with Gasteiger partial charge in [0.05, 0.1) is 4.92 Å². The van der Waals surface area contributed by atoms with Crippen LogP contribution in [0.1, 0.15) is 38.7 Å². The van der Waals surface area contributed by atoms with Crippen molar-refractivity contribution in [3.05, 3.63) is 27.9 Å². The summed E-state index contributed by atoms with van der Waals surface area (Å²) in [5.74, 6) is 0.169. The predicted octanol–water partition coefficient (Wildman–Crippen LogP) is 2.85. The van der Waals surface area contributed by atoms with Crippen LogP contribution in [0.4, 0.5) is 11.5 Å². The minimum Gasteiger partial charge on any atom is -0.362 e. The number of aromatic nitrogens is 1. The van der Waals surface area contributed by atoms with Gasteiger partial charge in [-0.25, -0.2) is 4.98 Å². The number of nitro groups is 1. The molecule has 0 bridgehead atoms. The fraction of sp³-hybridized carbons (Fsp3) is 0.500. The molecule has 1 aromatic heterocycles. The summed E-state index contributed by atoms with van der Waals surface area (Å²) in [4.78, 5) is 14.4. The van der Waals surface area contributed by atoms with E-state index in [2.05, 4.69) is 17.2 Å². The van der Waals surface area contributed by atoms with Crippen LogP contribution in [0.2, 0.25) is 0 Å². The van der Waals surface area contributed by atoms with Crippen molar-refractivity contribution in [3.8, 4) is 6.07 Å². The van der Waals surface area contributed by atoms with Crippen LogP contribution in [0, 0.1) is 21.4 Å². The average molecular weight is 248 g/mol. The van der Waals surface area contributed by atoms with E-state index in [0.717, 1.165) is 19.3 Å². The summed E-state index contributed by atoms with van der Waals surface area (Å²) in [6.07, 6.45) is 4.42. The van der Waals surface area contributed by atoms with Crippen LogP contribution in [-0.2, 0) is 0 Å². The van der Waals surface area contributed by atoms with Crippen LogP contribution in [0.5, 0.6) is 0 Å². The van der Waals surface area contributed by atoms with Gasteiger partial charge in [0.1, 0.15) is 11.6 Å². The molecule has 0 aliphatic rings. The predicted molar refractivity (Wildman–Crippen MR) is 68.2 cm³/mol. The highest BCUT2D eigenvalue weighted by Crippen LogP contribution is 2.26. The topological polar surface area (TPSA) is 91.8 Å². The first-order valence-electron chi connectivity index (χ1n) is 5.90. The molecule has 6 nitrogen and oxygen atoms in total. The number of rotatable bonds is 6. The van der Waals surface area contributed by atoms with Gasteiger partial charge in [0.15, 0.2) is 0 Å². The van der Waals surface area contributed by atoms with Gasteiger partial charge in [-0.2, -0.15) is 5.26 Å². The summed E-state index contributed by atoms with van der Waals surface area (Å²) >= 11 is 0. The maximum atomic E-state index is 11.0. The van der Waals surface area contributed by atoms with E-state index in [1.165, 1.54) is 12.3 Å². The van der Waals surface area contributed by atoms with E-state index < -0.39 is 4.92 Å². The molecule has 18 heavy (non-hydrogen) atoms. The second kappa shape index (κ2) is 6.55. The van der Waals surface area contributed by atoms with E-state index in [1.54, 1.807) is 0 Å². The van der Waals surface area contributed by atoms with Crippen molar-refractivity contribution >= 4 is 11.5 Å². The van der Waals surface area contributed by atoms with Gasteiger partial charge in [-0.1, -0.05) is 19.8 Å². The third-order valence-electron chi connectivity index (χ3n) is 2.60. The standard InChI is InChI=1S/C12H16N4O2/c1-3-4-5-9(2)15-12-11(16(17)18)10(8-13)6-7-14-12/h6-7,9H,3-5H2,1-2H3,(H,14,15). The molecule has 1 aromatic rings. The van der Waals surface area contributed by atoms with E-state index in [-0.39, 0.29) is 23.1 Å². The second-order valence-corrected chi connectivity index (χ2v) is 4.11. The van der Waals surface area contributed by atoms with Gasteiger partial charge in [0, 0.05) is 12.2 Å². The molecule has 1 unspecified atom stereocenters. The quantitative estimate of drug-likeness (QED) is 0.617. The van der Waals surface area contributed by atoms with Crippen molar-refractivity contribution in [2.45, 2.75) is 39.2 Å². The van der Waals surface area contributed by atoms with Crippen molar-refractivity contribution in [2.75, 3.05) is 5.32 Å². The molecule has 1 N–H and O–H groups in total. The van der Waals surface area contributed by atoms with Crippen LogP contribution in [-0.4, -0.2) is 15.9 Å². The Bertz CT molecular complexity index is 468. The first-order chi connectivity index (χ1) is 8.60. The summed E-state index contributed by atoms with van der Waals surface area (Å²) < 4.78 is 0. The van der Waals surface area contributed by atoms with E-state index in [4.69, 9.17) is 5.26 Å². The largest absolute Gasteiger partial charge is 0.362 e. The van der Waals surface area contributed by atoms with Crippen LogP contribution in [0.3, 0.4) is 0 Å². The molecule has 0 fully saturated rings. The number of hydrogen-bond donors (Lipinski definition) is 1. The van der Waals surface area contributed by atoms with Gasteiger partial charge in [-0.15, -0.1) is 0 Å². The van der Waals surface area contributed by atoms with Crippen molar-refractivity contribution < 1.29 is 4.92 Å². The number of unbranched alkanes of at least 4 members (excludes halogenated alkanes) is 1. The van der Waals surface area contributed by atoms with Gasteiger partial charge >= 0.3 is 5.69 Å². The van der Waals surface area contributed by atoms with Crippen molar-refractivity contribution in [3.63, 3.8) is 0 Å². The minimum absolute atomic E-state index is 0.0280. The van der Waals surface area contributed by atoms with E-state index in [9.17, 15) is 10.1 Å². The maximum absolute atomic E-state index is 11.0. The first-order valence-corrected chi connectivity index (χ1v) is 5.90. The molecule has 0 aliphatic carbocycles. The highest BCUT2D eigenvalue weighted by atomic mass is 16.6. The smallest absolute Gasteiger partial charge is 0.328 e. The summed E-state index contributed by atoms with van der Waals surface area (Å²) in [5.41, 5.74) is -0.219. The lowest BCUT2D eigenvalue weighted by Gasteiger charge is -2.13. The number of pyridine rings is 1. The molecule has 1 atom stereocenters. The Labute approximate surface area is 106 Å². The van der Waals surface area contributed by atoms with Gasteiger partial charge in [-0.05, 0) is 19.4 Å². The monoisotopic (exact) mass is 248 g/mol. The second-order valence-electron chi connectivity index (χ2n) is 4.11. The van der Waals surface area contributed by atoms with Gasteiger partial charge in [-0.3, -0.25) is 10.1 Å². The molecule has 0 saturated carbocycles. The van der Waals surface area contributed by atoms with Crippen molar-refractivity contribution in [1.29, 1.82) is 5.26 Å². The average Bonchev–Trinajstić information content (AvgIpc) is 2.35. The molecule has 0 radical (unpaired) electrons. The Morgan fingerprint density at radius 1 is 1.67 bits per heavy atom. The molecule has 0 amide bonds. The number of nitrogens with one attached hydrogen (secondary N) is 1. The molecular formula is C12H16N4O2. The van der Waals surface area contributed by atoms with Gasteiger partial charge < -0.3 is 5.32 Å². The summed E-state index contributed by atoms with van der Waals surface area (Å²) in [7, 11) is 0. The first kappa shape index (κ1) is 13.9. The number of hydrogen-bond acceptors (Lipinski definition) is 5. The maximum Gasteiger partial charge on any atom is 0.328 e. The Balaban J connectivity index is 2.95. The molecule has 1 heterocycles. The van der Waals surface area contributed by atoms with Crippen LogP contribution < -0.4 is 5.32 Å².